The number of amides is 2. The number of pyridine rings is 1. The highest BCUT2D eigenvalue weighted by Crippen LogP contribution is 2.28. The number of nitrogens with one attached hydrogen (secondary N) is 1. The Morgan fingerprint density at radius 1 is 1.27 bits per heavy atom. The van der Waals surface area contributed by atoms with Crippen molar-refractivity contribution in [2.75, 3.05) is 6.54 Å². The molecular weight excluding hydrogens is 409 g/mol. The Morgan fingerprint density at radius 2 is 1.97 bits per heavy atom. The van der Waals surface area contributed by atoms with Crippen molar-refractivity contribution in [2.45, 2.75) is 32.1 Å². The summed E-state index contributed by atoms with van der Waals surface area (Å²) in [5.74, 6) is -1.88. The summed E-state index contributed by atoms with van der Waals surface area (Å²) < 4.78 is 37.3. The average molecular weight is 426 g/mol. The van der Waals surface area contributed by atoms with Crippen molar-refractivity contribution in [1.82, 2.24) is 20.2 Å². The van der Waals surface area contributed by atoms with Crippen molar-refractivity contribution in [3.8, 4) is 0 Å². The Hall–Kier alpha value is -3.44. The molecule has 2 aromatic heterocycles. The number of hydrogen-bond acceptors (Lipinski definition) is 6. The molecule has 1 fully saturated rings. The fourth-order valence-electron chi connectivity index (χ4n) is 2.59. The summed E-state index contributed by atoms with van der Waals surface area (Å²) in [6.45, 7) is 1.35. The Morgan fingerprint density at radius 3 is 2.50 bits per heavy atom. The van der Waals surface area contributed by atoms with E-state index < -0.39 is 12.1 Å². The third-order valence-corrected chi connectivity index (χ3v) is 4.33. The van der Waals surface area contributed by atoms with Crippen molar-refractivity contribution < 1.29 is 37.1 Å². The van der Waals surface area contributed by atoms with E-state index >= 15 is 0 Å². The van der Waals surface area contributed by atoms with Gasteiger partial charge in [-0.15, -0.1) is 0 Å². The van der Waals surface area contributed by atoms with Crippen LogP contribution in [0.3, 0.4) is 0 Å². The molecule has 1 saturated carbocycles. The Balaban J connectivity index is 0.000000318. The number of carbonyl (C=O) groups excluding carboxylic acids is 2. The summed E-state index contributed by atoms with van der Waals surface area (Å²) in [5.41, 5.74) is 1.18. The first-order chi connectivity index (χ1) is 14.1. The van der Waals surface area contributed by atoms with Crippen molar-refractivity contribution in [1.29, 1.82) is 0 Å². The summed E-state index contributed by atoms with van der Waals surface area (Å²) in [7, 11) is 0. The molecule has 2 amide bonds. The molecule has 0 aromatic carbocycles. The number of nitrogens with zero attached hydrogens (tertiary/aromatic N) is 3. The van der Waals surface area contributed by atoms with Crippen LogP contribution in [0.5, 0.6) is 0 Å². The second-order valence-electron chi connectivity index (χ2n) is 6.75. The minimum absolute atomic E-state index is 0.0872. The Labute approximate surface area is 167 Å². The van der Waals surface area contributed by atoms with Gasteiger partial charge in [0, 0.05) is 18.9 Å². The summed E-state index contributed by atoms with van der Waals surface area (Å²) in [6.07, 6.45) is 0.424. The first kappa shape index (κ1) is 21.3. The number of carboxylic acids is 1. The maximum Gasteiger partial charge on any atom is 0.490 e. The number of halogens is 3. The van der Waals surface area contributed by atoms with Crippen LogP contribution in [0.1, 0.15) is 45.3 Å². The van der Waals surface area contributed by atoms with Gasteiger partial charge in [-0.2, -0.15) is 13.2 Å². The number of aliphatic carboxylic acids is 1. The molecular formula is C18H17F3N4O5. The van der Waals surface area contributed by atoms with Gasteiger partial charge in [0.2, 0.25) is 0 Å². The molecule has 160 valence electrons. The molecule has 2 aromatic rings. The van der Waals surface area contributed by atoms with E-state index in [1.165, 1.54) is 19.0 Å². The van der Waals surface area contributed by atoms with Crippen LogP contribution in [-0.4, -0.2) is 50.5 Å². The number of rotatable bonds is 4. The molecule has 9 nitrogen and oxygen atoms in total. The standard InChI is InChI=1S/C16H16N4O3.C2HF3O2/c21-14(18-6-10-3-4-10)15-19-12-8-20(9-13(12)23-15)16(22)11-2-1-5-17-7-11;3-2(4,5)1(6)7/h1-2,5,7,10H,3-4,6,8-9H2,(H,18,21);(H,6,7). The molecule has 1 aliphatic heterocycles. The molecule has 3 heterocycles. The van der Waals surface area contributed by atoms with Gasteiger partial charge >= 0.3 is 18.1 Å². The second-order valence-corrected chi connectivity index (χ2v) is 6.75. The molecule has 1 aliphatic carbocycles. The SMILES string of the molecule is O=C(NCC1CC1)c1nc2c(o1)CN(C(=O)c1cccnc1)C2.O=C(O)C(F)(F)F. The lowest BCUT2D eigenvalue weighted by atomic mass is 10.2. The minimum Gasteiger partial charge on any atom is -0.475 e. The van der Waals surface area contributed by atoms with Crippen LogP contribution < -0.4 is 5.32 Å². The minimum atomic E-state index is -5.08. The Kier molecular flexibility index (Phi) is 6.04. The van der Waals surface area contributed by atoms with Gasteiger partial charge in [0.05, 0.1) is 18.7 Å². The summed E-state index contributed by atoms with van der Waals surface area (Å²) in [4.78, 5) is 43.0. The number of hydrogen-bond donors (Lipinski definition) is 2. The van der Waals surface area contributed by atoms with E-state index in [2.05, 4.69) is 15.3 Å². The van der Waals surface area contributed by atoms with Crippen LogP contribution in [0.15, 0.2) is 28.9 Å². The van der Waals surface area contributed by atoms with Crippen molar-refractivity contribution >= 4 is 17.8 Å². The topological polar surface area (TPSA) is 126 Å². The van der Waals surface area contributed by atoms with E-state index in [0.29, 0.717) is 42.6 Å². The maximum absolute atomic E-state index is 12.4. The van der Waals surface area contributed by atoms with E-state index in [1.807, 2.05) is 0 Å². The van der Waals surface area contributed by atoms with Crippen LogP contribution in [0, 0.1) is 5.92 Å². The lowest BCUT2D eigenvalue weighted by Crippen LogP contribution is -2.27. The van der Waals surface area contributed by atoms with Gasteiger partial charge in [0.25, 0.3) is 11.8 Å². The smallest absolute Gasteiger partial charge is 0.475 e. The zero-order chi connectivity index (χ0) is 21.9. The van der Waals surface area contributed by atoms with Gasteiger partial charge < -0.3 is 19.7 Å². The van der Waals surface area contributed by atoms with Gasteiger partial charge in [0.1, 0.15) is 11.5 Å². The predicted octanol–water partition coefficient (Wildman–Crippen LogP) is 2.00. The van der Waals surface area contributed by atoms with Crippen molar-refractivity contribution in [3.63, 3.8) is 0 Å². The molecule has 0 saturated heterocycles. The molecule has 0 atom stereocenters. The quantitative estimate of drug-likeness (QED) is 0.766. The first-order valence-electron chi connectivity index (χ1n) is 8.91. The molecule has 0 bridgehead atoms. The summed E-state index contributed by atoms with van der Waals surface area (Å²) in [6, 6.07) is 3.45. The predicted molar refractivity (Wildman–Crippen MR) is 93.1 cm³/mol. The third-order valence-electron chi connectivity index (χ3n) is 4.33. The monoisotopic (exact) mass is 426 g/mol. The molecule has 2 N–H and O–H groups in total. The van der Waals surface area contributed by atoms with Crippen LogP contribution in [0.4, 0.5) is 13.2 Å². The van der Waals surface area contributed by atoms with Gasteiger partial charge in [-0.05, 0) is 30.9 Å². The highest BCUT2D eigenvalue weighted by Gasteiger charge is 2.38. The van der Waals surface area contributed by atoms with Crippen LogP contribution >= 0.6 is 0 Å². The third kappa shape index (κ3) is 5.33. The largest absolute Gasteiger partial charge is 0.490 e. The molecule has 0 spiro atoms. The summed E-state index contributed by atoms with van der Waals surface area (Å²) >= 11 is 0. The zero-order valence-corrected chi connectivity index (χ0v) is 15.5. The Bertz CT molecular complexity index is 918. The fraction of sp³-hybridized carbons (Fsp3) is 0.389. The second kappa shape index (κ2) is 8.51. The number of alkyl halides is 3. The number of fused-ring (bicyclic) bond motifs is 1. The first-order valence-corrected chi connectivity index (χ1v) is 8.91. The highest BCUT2D eigenvalue weighted by molar-refractivity contribution is 5.94. The fourth-order valence-corrected chi connectivity index (χ4v) is 2.59. The number of carboxylic acid groups (broad SMARTS) is 1. The normalized spacial score (nSPS) is 15.1. The summed E-state index contributed by atoms with van der Waals surface area (Å²) in [5, 5.41) is 9.95. The maximum atomic E-state index is 12.4. The van der Waals surface area contributed by atoms with Gasteiger partial charge in [-0.1, -0.05) is 0 Å². The number of oxazole rings is 1. The molecule has 12 heteroatoms. The van der Waals surface area contributed by atoms with E-state index in [1.54, 1.807) is 23.2 Å². The van der Waals surface area contributed by atoms with Crippen LogP contribution in [-0.2, 0) is 17.9 Å². The molecule has 0 radical (unpaired) electrons. The highest BCUT2D eigenvalue weighted by atomic mass is 19.4. The van der Waals surface area contributed by atoms with E-state index in [0.717, 1.165) is 0 Å². The van der Waals surface area contributed by atoms with Gasteiger partial charge in [-0.3, -0.25) is 14.6 Å². The number of aromatic nitrogens is 2. The van der Waals surface area contributed by atoms with E-state index in [4.69, 9.17) is 14.3 Å². The average Bonchev–Trinajstić information content (AvgIpc) is 3.32. The number of carbonyl (C=O) groups is 3. The van der Waals surface area contributed by atoms with Gasteiger partial charge in [-0.25, -0.2) is 9.78 Å². The van der Waals surface area contributed by atoms with Gasteiger partial charge in [0.15, 0.2) is 0 Å². The van der Waals surface area contributed by atoms with Crippen LogP contribution in [0.2, 0.25) is 0 Å². The molecule has 2 aliphatic rings. The molecule has 4 rings (SSSR count). The van der Waals surface area contributed by atoms with Crippen molar-refractivity contribution in [3.05, 3.63) is 47.4 Å². The van der Waals surface area contributed by atoms with E-state index in [9.17, 15) is 22.8 Å². The van der Waals surface area contributed by atoms with Crippen molar-refractivity contribution in [2.24, 2.45) is 5.92 Å². The van der Waals surface area contributed by atoms with E-state index in [-0.39, 0.29) is 17.7 Å². The van der Waals surface area contributed by atoms with Crippen LogP contribution in [0.25, 0.3) is 0 Å². The lowest BCUT2D eigenvalue weighted by Gasteiger charge is -2.14. The molecule has 0 unspecified atom stereocenters. The lowest BCUT2D eigenvalue weighted by molar-refractivity contribution is -0.192. The zero-order valence-electron chi connectivity index (χ0n) is 15.5. The molecule has 30 heavy (non-hydrogen) atoms.